The van der Waals surface area contributed by atoms with E-state index in [1.54, 1.807) is 0 Å². The number of nitro benzene ring substituents is 1. The zero-order valence-electron chi connectivity index (χ0n) is 25.3. The lowest BCUT2D eigenvalue weighted by atomic mass is 10.1. The maximum atomic E-state index is 10.7. The van der Waals surface area contributed by atoms with Gasteiger partial charge in [-0.25, -0.2) is 0 Å². The number of nitrogens with two attached hydrogens (primary N) is 3. The monoisotopic (exact) mass is 635 g/mol. The molecule has 0 aromatic heterocycles. The van der Waals surface area contributed by atoms with E-state index < -0.39 is 46.8 Å². The number of carboxylic acids is 3. The van der Waals surface area contributed by atoms with Crippen molar-refractivity contribution in [3.63, 3.8) is 0 Å². The molecule has 2 aromatic rings. The molecule has 10 N–H and O–H groups in total. The van der Waals surface area contributed by atoms with Crippen molar-refractivity contribution in [3.8, 4) is 5.75 Å². The Labute approximate surface area is 260 Å². The van der Waals surface area contributed by atoms with E-state index >= 15 is 0 Å². The van der Waals surface area contributed by atoms with Gasteiger partial charge >= 0.3 is 23.9 Å². The van der Waals surface area contributed by atoms with Crippen LogP contribution in [0.25, 0.3) is 0 Å². The average Bonchev–Trinajstić information content (AvgIpc) is 2.97. The number of rotatable bonds is 12. The van der Waals surface area contributed by atoms with Gasteiger partial charge in [0.15, 0.2) is 0 Å². The summed E-state index contributed by atoms with van der Waals surface area (Å²) in [5, 5.41) is 37.3. The number of nitro groups is 1. The van der Waals surface area contributed by atoms with Gasteiger partial charge in [-0.3, -0.25) is 34.1 Å². The number of amides is 1. The maximum Gasteiger partial charge on any atom is 0.325 e. The predicted octanol–water partition coefficient (Wildman–Crippen LogP) is 1.31. The second-order valence-electron chi connectivity index (χ2n) is 9.49. The maximum absolute atomic E-state index is 10.7. The molecule has 0 bridgehead atoms. The smallest absolute Gasteiger partial charge is 0.325 e. The van der Waals surface area contributed by atoms with Crippen molar-refractivity contribution >= 4 is 35.5 Å². The van der Waals surface area contributed by atoms with Crippen LogP contribution in [0.1, 0.15) is 32.8 Å². The molecule has 2 unspecified atom stereocenters. The standard InChI is InChI=1S/C9H11NO2.C8H8N2O4.C6H9NO3.C6H13NO2/c10-8(9(11)12)6-7-4-2-1-3-5-7;9-5-8(11)14-7-3-1-6(2-4-7)10(12)13;1-4(2)6(10)7-3-5(8)9;1-4(2)3-5(7)6(8)9/h1-5,8H,6,10H2,(H,11,12);1-4H,5,9H2;1,3H2,2H3,(H,7,10)(H,8,9);4-5H,3,7H2,1-2H3,(H,8,9). The highest BCUT2D eigenvalue weighted by molar-refractivity contribution is 5.93. The minimum atomic E-state index is -1.06. The van der Waals surface area contributed by atoms with E-state index in [1.807, 2.05) is 44.2 Å². The SMILES string of the molecule is C=C(C)C(=O)NCC(=O)O.CC(C)CC(N)C(=O)O.NC(Cc1ccccc1)C(=O)O.NCC(=O)Oc1ccc([N+](=O)[O-])cc1. The minimum absolute atomic E-state index is 0.0578. The Balaban J connectivity index is 0. The van der Waals surface area contributed by atoms with Gasteiger partial charge in [-0.05, 0) is 43.4 Å². The third kappa shape index (κ3) is 23.0. The summed E-state index contributed by atoms with van der Waals surface area (Å²) < 4.78 is 4.71. The number of carbonyl (C=O) groups is 5. The van der Waals surface area contributed by atoms with E-state index in [9.17, 15) is 34.1 Å². The third-order valence-corrected chi connectivity index (χ3v) is 4.89. The minimum Gasteiger partial charge on any atom is -0.480 e. The summed E-state index contributed by atoms with van der Waals surface area (Å²) in [5.41, 5.74) is 16.8. The van der Waals surface area contributed by atoms with Crippen LogP contribution in [0, 0.1) is 16.0 Å². The Hall–Kier alpha value is -5.19. The molecular weight excluding hydrogens is 594 g/mol. The van der Waals surface area contributed by atoms with Crippen molar-refractivity contribution in [2.75, 3.05) is 13.1 Å². The number of hydrogen-bond donors (Lipinski definition) is 7. The van der Waals surface area contributed by atoms with Crippen LogP contribution in [-0.4, -0.2) is 75.2 Å². The van der Waals surface area contributed by atoms with Crippen LogP contribution in [0.4, 0.5) is 5.69 Å². The largest absolute Gasteiger partial charge is 0.480 e. The van der Waals surface area contributed by atoms with Gasteiger partial charge in [-0.15, -0.1) is 0 Å². The molecule has 0 aliphatic carbocycles. The number of nitrogens with zero attached hydrogens (tertiary/aromatic N) is 1. The number of benzene rings is 2. The first-order valence-electron chi connectivity index (χ1n) is 13.2. The van der Waals surface area contributed by atoms with Crippen molar-refractivity contribution in [2.24, 2.45) is 23.1 Å². The highest BCUT2D eigenvalue weighted by atomic mass is 16.6. The number of hydrogen-bond acceptors (Lipinski definition) is 11. The number of aliphatic carboxylic acids is 3. The predicted molar refractivity (Wildman–Crippen MR) is 164 cm³/mol. The summed E-state index contributed by atoms with van der Waals surface area (Å²) in [6, 6.07) is 13.0. The second kappa shape index (κ2) is 23.3. The van der Waals surface area contributed by atoms with E-state index in [0.717, 1.165) is 5.56 Å². The molecule has 2 atom stereocenters. The average molecular weight is 636 g/mol. The fourth-order valence-corrected chi connectivity index (χ4v) is 2.68. The topological polar surface area (TPSA) is 288 Å². The van der Waals surface area contributed by atoms with Gasteiger partial charge in [-0.2, -0.15) is 0 Å². The fourth-order valence-electron chi connectivity index (χ4n) is 2.68. The van der Waals surface area contributed by atoms with Gasteiger partial charge in [0.05, 0.1) is 11.5 Å². The molecule has 0 heterocycles. The van der Waals surface area contributed by atoms with Gasteiger partial charge in [0, 0.05) is 17.7 Å². The molecule has 0 spiro atoms. The highest BCUT2D eigenvalue weighted by Crippen LogP contribution is 2.17. The Bertz CT molecular complexity index is 1250. The Morgan fingerprint density at radius 2 is 1.44 bits per heavy atom. The lowest BCUT2D eigenvalue weighted by molar-refractivity contribution is -0.384. The molecule has 248 valence electrons. The molecule has 2 aromatic carbocycles. The van der Waals surface area contributed by atoms with Crippen LogP contribution in [0.15, 0.2) is 66.7 Å². The first-order valence-corrected chi connectivity index (χ1v) is 13.2. The Kier molecular flexibility index (Phi) is 21.7. The summed E-state index contributed by atoms with van der Waals surface area (Å²) in [6.45, 7) is 8.15. The zero-order chi connectivity index (χ0) is 35.1. The molecule has 1 amide bonds. The first kappa shape index (κ1) is 41.9. The molecule has 0 aliphatic heterocycles. The van der Waals surface area contributed by atoms with Crippen LogP contribution in [0.5, 0.6) is 5.75 Å². The first-order chi connectivity index (χ1) is 20.9. The van der Waals surface area contributed by atoms with Crippen molar-refractivity contribution in [1.29, 1.82) is 0 Å². The molecule has 0 fully saturated rings. The van der Waals surface area contributed by atoms with Crippen LogP contribution in [0.3, 0.4) is 0 Å². The van der Waals surface area contributed by atoms with Crippen LogP contribution < -0.4 is 27.3 Å². The number of carbonyl (C=O) groups excluding carboxylic acids is 2. The van der Waals surface area contributed by atoms with Gasteiger partial charge in [0.25, 0.3) is 5.69 Å². The normalized spacial score (nSPS) is 10.9. The summed E-state index contributed by atoms with van der Waals surface area (Å²) in [5.74, 6) is -3.35. The Morgan fingerprint density at radius 1 is 0.933 bits per heavy atom. The van der Waals surface area contributed by atoms with E-state index in [0.29, 0.717) is 24.3 Å². The number of esters is 1. The van der Waals surface area contributed by atoms with E-state index in [1.165, 1.54) is 31.2 Å². The summed E-state index contributed by atoms with van der Waals surface area (Å²) in [7, 11) is 0. The van der Waals surface area contributed by atoms with Crippen LogP contribution in [-0.2, 0) is 30.4 Å². The lowest BCUT2D eigenvalue weighted by Crippen LogP contribution is -2.32. The summed E-state index contributed by atoms with van der Waals surface area (Å²) in [4.78, 5) is 61.4. The molecule has 0 saturated carbocycles. The van der Waals surface area contributed by atoms with Crippen molar-refractivity contribution in [3.05, 3.63) is 82.4 Å². The molecular formula is C29H41N5O11. The van der Waals surface area contributed by atoms with E-state index in [-0.39, 0.29) is 24.5 Å². The summed E-state index contributed by atoms with van der Waals surface area (Å²) >= 11 is 0. The van der Waals surface area contributed by atoms with Gasteiger partial charge in [0.2, 0.25) is 5.91 Å². The molecule has 0 aliphatic rings. The molecule has 0 saturated heterocycles. The van der Waals surface area contributed by atoms with Crippen molar-refractivity contribution in [2.45, 2.75) is 45.7 Å². The molecule has 16 nitrogen and oxygen atoms in total. The number of non-ortho nitro benzene ring substituents is 1. The van der Waals surface area contributed by atoms with E-state index in [4.69, 9.17) is 37.3 Å². The van der Waals surface area contributed by atoms with Crippen LogP contribution in [0.2, 0.25) is 0 Å². The quantitative estimate of drug-likeness (QED) is 0.0569. The molecule has 2 rings (SSSR count). The molecule has 45 heavy (non-hydrogen) atoms. The van der Waals surface area contributed by atoms with Gasteiger partial charge < -0.3 is 42.6 Å². The number of nitrogens with one attached hydrogen (secondary N) is 1. The lowest BCUT2D eigenvalue weighted by Gasteiger charge is -2.07. The van der Waals surface area contributed by atoms with E-state index in [2.05, 4.69) is 11.9 Å². The second-order valence-corrected chi connectivity index (χ2v) is 9.49. The van der Waals surface area contributed by atoms with Crippen molar-refractivity contribution in [1.82, 2.24) is 5.32 Å². The zero-order valence-corrected chi connectivity index (χ0v) is 25.3. The summed E-state index contributed by atoms with van der Waals surface area (Å²) in [6.07, 6.45) is 0.936. The van der Waals surface area contributed by atoms with Crippen molar-refractivity contribution < 1.29 is 49.0 Å². The van der Waals surface area contributed by atoms with Crippen LogP contribution >= 0.6 is 0 Å². The highest BCUT2D eigenvalue weighted by Gasteiger charge is 2.12. The van der Waals surface area contributed by atoms with Gasteiger partial charge in [0.1, 0.15) is 24.4 Å². The Morgan fingerprint density at radius 3 is 1.80 bits per heavy atom. The van der Waals surface area contributed by atoms with Gasteiger partial charge in [-0.1, -0.05) is 50.8 Å². The third-order valence-electron chi connectivity index (χ3n) is 4.89. The fraction of sp³-hybridized carbons (Fsp3) is 0.345. The number of carboxylic acid groups (broad SMARTS) is 3. The molecule has 16 heteroatoms. The number of ether oxygens (including phenoxy) is 1. The molecule has 0 radical (unpaired) electrons.